The van der Waals surface area contributed by atoms with Crippen LogP contribution in [0.4, 0.5) is 11.4 Å². The van der Waals surface area contributed by atoms with Gasteiger partial charge in [0, 0.05) is 19.2 Å². The average Bonchev–Trinajstić information content (AvgIpc) is 3.16. The van der Waals surface area contributed by atoms with Gasteiger partial charge in [0.25, 0.3) is 5.91 Å². The number of hydrogen-bond donors (Lipinski definition) is 1. The maximum Gasteiger partial charge on any atom is 0.265 e. The number of anilines is 2. The van der Waals surface area contributed by atoms with Crippen LogP contribution in [0.2, 0.25) is 0 Å². The Morgan fingerprint density at radius 1 is 1.00 bits per heavy atom. The van der Waals surface area contributed by atoms with E-state index in [0.717, 1.165) is 41.0 Å². The van der Waals surface area contributed by atoms with Crippen molar-refractivity contribution >= 4 is 34.2 Å². The number of fused-ring (bicyclic) bond motifs is 2. The first-order valence-electron chi connectivity index (χ1n) is 10.9. The maximum absolute atomic E-state index is 12.9. The van der Waals surface area contributed by atoms with Crippen LogP contribution in [0.5, 0.6) is 5.75 Å². The molecule has 7 nitrogen and oxygen atoms in total. The number of nitrogens with zero attached hydrogens (tertiary/aromatic N) is 3. The summed E-state index contributed by atoms with van der Waals surface area (Å²) in [6, 6.07) is 23.1. The van der Waals surface area contributed by atoms with Crippen molar-refractivity contribution in [2.45, 2.75) is 12.8 Å². The summed E-state index contributed by atoms with van der Waals surface area (Å²) < 4.78 is 7.57. The predicted molar refractivity (Wildman–Crippen MR) is 127 cm³/mol. The normalized spacial score (nSPS) is 13.0. The molecular formula is C26H24N4O3. The van der Waals surface area contributed by atoms with Crippen LogP contribution in [0, 0.1) is 0 Å². The highest BCUT2D eigenvalue weighted by Gasteiger charge is 2.27. The van der Waals surface area contributed by atoms with Crippen molar-refractivity contribution in [2.24, 2.45) is 7.05 Å². The quantitative estimate of drug-likeness (QED) is 0.496. The van der Waals surface area contributed by atoms with Gasteiger partial charge in [-0.2, -0.15) is 0 Å². The van der Waals surface area contributed by atoms with E-state index in [1.54, 1.807) is 12.1 Å². The lowest BCUT2D eigenvalue weighted by molar-refractivity contribution is -0.123. The minimum atomic E-state index is -0.254. The number of benzene rings is 3. The zero-order valence-electron chi connectivity index (χ0n) is 18.3. The van der Waals surface area contributed by atoms with Gasteiger partial charge in [0.15, 0.2) is 6.61 Å². The second kappa shape index (κ2) is 8.78. The fourth-order valence-corrected chi connectivity index (χ4v) is 4.19. The minimum Gasteiger partial charge on any atom is -0.482 e. The molecule has 166 valence electrons. The molecule has 33 heavy (non-hydrogen) atoms. The third-order valence-electron chi connectivity index (χ3n) is 5.90. The molecule has 0 aliphatic carbocycles. The zero-order valence-corrected chi connectivity index (χ0v) is 18.3. The number of nitrogens with one attached hydrogen (secondary N) is 1. The largest absolute Gasteiger partial charge is 0.482 e. The van der Waals surface area contributed by atoms with Gasteiger partial charge in [-0.3, -0.25) is 14.5 Å². The van der Waals surface area contributed by atoms with E-state index in [1.165, 1.54) is 4.90 Å². The molecule has 1 N–H and O–H groups in total. The van der Waals surface area contributed by atoms with Gasteiger partial charge in [0.05, 0.1) is 16.7 Å². The van der Waals surface area contributed by atoms with Crippen LogP contribution in [-0.2, 0) is 29.5 Å². The maximum atomic E-state index is 12.9. The lowest BCUT2D eigenvalue weighted by Crippen LogP contribution is -2.43. The molecule has 0 fully saturated rings. The molecule has 1 aliphatic rings. The number of ether oxygens (including phenoxy) is 1. The van der Waals surface area contributed by atoms with Crippen molar-refractivity contribution in [3.05, 3.63) is 84.2 Å². The van der Waals surface area contributed by atoms with Crippen LogP contribution in [0.25, 0.3) is 11.0 Å². The number of carbonyl (C=O) groups is 2. The van der Waals surface area contributed by atoms with Gasteiger partial charge in [-0.05, 0) is 42.3 Å². The molecule has 4 aromatic rings. The van der Waals surface area contributed by atoms with Crippen molar-refractivity contribution in [3.8, 4) is 5.75 Å². The van der Waals surface area contributed by atoms with Crippen LogP contribution in [0.3, 0.4) is 0 Å². The molecule has 7 heteroatoms. The Kier molecular flexibility index (Phi) is 5.52. The van der Waals surface area contributed by atoms with Crippen molar-refractivity contribution in [1.82, 2.24) is 9.55 Å². The summed E-state index contributed by atoms with van der Waals surface area (Å²) in [5, 5.41) is 2.99. The van der Waals surface area contributed by atoms with E-state index in [2.05, 4.69) is 16.0 Å². The van der Waals surface area contributed by atoms with Crippen molar-refractivity contribution < 1.29 is 14.3 Å². The Morgan fingerprint density at radius 3 is 2.64 bits per heavy atom. The number of aryl methyl sites for hydroxylation is 3. The van der Waals surface area contributed by atoms with E-state index in [9.17, 15) is 9.59 Å². The molecule has 0 spiro atoms. The number of aromatic nitrogens is 2. The van der Waals surface area contributed by atoms with Gasteiger partial charge in [0.2, 0.25) is 5.91 Å². The topological polar surface area (TPSA) is 76.5 Å². The second-order valence-corrected chi connectivity index (χ2v) is 8.02. The Balaban J connectivity index is 1.29. The summed E-state index contributed by atoms with van der Waals surface area (Å²) in [5.41, 5.74) is 4.46. The molecule has 1 aromatic heterocycles. The van der Waals surface area contributed by atoms with Gasteiger partial charge in [-0.25, -0.2) is 4.98 Å². The predicted octanol–water partition coefficient (Wildman–Crippen LogP) is 3.72. The number of hydrogen-bond acceptors (Lipinski definition) is 4. The van der Waals surface area contributed by atoms with Crippen molar-refractivity contribution in [3.63, 3.8) is 0 Å². The molecule has 0 unspecified atom stereocenters. The van der Waals surface area contributed by atoms with Crippen LogP contribution in [-0.4, -0.2) is 34.5 Å². The first-order valence-corrected chi connectivity index (χ1v) is 10.9. The Bertz CT molecular complexity index is 1340. The molecule has 0 saturated carbocycles. The van der Waals surface area contributed by atoms with E-state index in [0.29, 0.717) is 11.4 Å². The van der Waals surface area contributed by atoms with Gasteiger partial charge in [-0.1, -0.05) is 42.5 Å². The first kappa shape index (κ1) is 20.8. The van der Waals surface area contributed by atoms with Crippen LogP contribution >= 0.6 is 0 Å². The summed E-state index contributed by atoms with van der Waals surface area (Å²) in [4.78, 5) is 31.5. The van der Waals surface area contributed by atoms with Gasteiger partial charge in [0.1, 0.15) is 18.1 Å². The highest BCUT2D eigenvalue weighted by molar-refractivity contribution is 6.05. The molecule has 3 aromatic carbocycles. The molecule has 1 aliphatic heterocycles. The standard InChI is InChI=1S/C26H24N4O3/c1-29-21-11-5-4-10-20(21)27-24(29)15-14-18-8-2-3-9-19(18)28-25(31)16-30-22-12-6-7-13-23(22)33-17-26(30)32/h2-13H,14-17H2,1H3,(H,28,31). The third kappa shape index (κ3) is 4.17. The number of carbonyl (C=O) groups excluding carboxylic acids is 2. The lowest BCUT2D eigenvalue weighted by Gasteiger charge is -2.28. The monoisotopic (exact) mass is 440 g/mol. The minimum absolute atomic E-state index is 0.0705. The van der Waals surface area contributed by atoms with Crippen LogP contribution < -0.4 is 15.0 Å². The highest BCUT2D eigenvalue weighted by Crippen LogP contribution is 2.31. The summed E-state index contributed by atoms with van der Waals surface area (Å²) in [5.74, 6) is 1.11. The SMILES string of the molecule is Cn1c(CCc2ccccc2NC(=O)CN2C(=O)COc3ccccc32)nc2ccccc21. The molecule has 0 bridgehead atoms. The number of imidazole rings is 1. The van der Waals surface area contributed by atoms with E-state index in [4.69, 9.17) is 9.72 Å². The van der Waals surface area contributed by atoms with Crippen LogP contribution in [0.15, 0.2) is 72.8 Å². The lowest BCUT2D eigenvalue weighted by atomic mass is 10.1. The molecule has 2 amide bonds. The molecule has 0 radical (unpaired) electrons. The number of rotatable bonds is 6. The summed E-state index contributed by atoms with van der Waals surface area (Å²) in [6.07, 6.45) is 1.47. The molecule has 0 atom stereocenters. The van der Waals surface area contributed by atoms with E-state index >= 15 is 0 Å². The van der Waals surface area contributed by atoms with Crippen molar-refractivity contribution in [2.75, 3.05) is 23.4 Å². The van der Waals surface area contributed by atoms with E-state index < -0.39 is 0 Å². The van der Waals surface area contributed by atoms with Crippen LogP contribution in [0.1, 0.15) is 11.4 Å². The highest BCUT2D eigenvalue weighted by atomic mass is 16.5. The van der Waals surface area contributed by atoms with Gasteiger partial charge in [-0.15, -0.1) is 0 Å². The Morgan fingerprint density at radius 2 is 1.76 bits per heavy atom. The molecule has 2 heterocycles. The molecule has 0 saturated heterocycles. The third-order valence-corrected chi connectivity index (χ3v) is 5.90. The smallest absolute Gasteiger partial charge is 0.265 e. The van der Waals surface area contributed by atoms with E-state index in [1.807, 2.05) is 61.6 Å². The van der Waals surface area contributed by atoms with Gasteiger partial charge >= 0.3 is 0 Å². The summed E-state index contributed by atoms with van der Waals surface area (Å²) in [7, 11) is 2.02. The number of amides is 2. The number of para-hydroxylation sites is 5. The summed E-state index contributed by atoms with van der Waals surface area (Å²) in [6.45, 7) is -0.142. The summed E-state index contributed by atoms with van der Waals surface area (Å²) >= 11 is 0. The Hall–Kier alpha value is -4.13. The van der Waals surface area contributed by atoms with Crippen molar-refractivity contribution in [1.29, 1.82) is 0 Å². The average molecular weight is 441 g/mol. The van der Waals surface area contributed by atoms with Gasteiger partial charge < -0.3 is 14.6 Å². The molecule has 5 rings (SSSR count). The fourth-order valence-electron chi connectivity index (χ4n) is 4.19. The first-order chi connectivity index (χ1) is 16.1. The molecular weight excluding hydrogens is 416 g/mol. The fraction of sp³-hybridized carbons (Fsp3) is 0.192. The zero-order chi connectivity index (χ0) is 22.8. The Labute approximate surface area is 191 Å². The van der Waals surface area contributed by atoms with E-state index in [-0.39, 0.29) is 25.0 Å². The second-order valence-electron chi connectivity index (χ2n) is 8.02.